The number of para-hydroxylation sites is 1. The summed E-state index contributed by atoms with van der Waals surface area (Å²) < 4.78 is 0. The van der Waals surface area contributed by atoms with E-state index in [0.29, 0.717) is 16.4 Å². The van der Waals surface area contributed by atoms with Gasteiger partial charge in [-0.1, -0.05) is 41.9 Å². The molecule has 0 radical (unpaired) electrons. The van der Waals surface area contributed by atoms with Crippen LogP contribution < -0.4 is 10.6 Å². The third-order valence-corrected chi connectivity index (χ3v) is 3.57. The molecule has 3 N–H and O–H groups in total. The topological polar surface area (TPSA) is 61.4 Å². The van der Waals surface area contributed by atoms with Crippen LogP contribution in [0.1, 0.15) is 0 Å². The van der Waals surface area contributed by atoms with Crippen LogP contribution in [0.25, 0.3) is 10.8 Å². The van der Waals surface area contributed by atoms with Gasteiger partial charge in [0.2, 0.25) is 0 Å². The molecule has 0 unspecified atom stereocenters. The Morgan fingerprint density at radius 2 is 1.64 bits per heavy atom. The first kappa shape index (κ1) is 14.2. The Bertz CT molecular complexity index is 849. The van der Waals surface area contributed by atoms with Crippen molar-refractivity contribution in [2.75, 3.05) is 10.6 Å². The van der Waals surface area contributed by atoms with Crippen LogP contribution in [0.4, 0.5) is 16.2 Å². The predicted octanol–water partition coefficient (Wildman–Crippen LogP) is 4.84. The molecule has 4 nitrogen and oxygen atoms in total. The van der Waals surface area contributed by atoms with E-state index in [4.69, 9.17) is 11.6 Å². The van der Waals surface area contributed by atoms with E-state index in [0.717, 1.165) is 10.8 Å². The van der Waals surface area contributed by atoms with Crippen molar-refractivity contribution in [2.24, 2.45) is 0 Å². The maximum atomic E-state index is 12.1. The first-order valence-corrected chi connectivity index (χ1v) is 7.05. The number of aromatic hydroxyl groups is 1. The van der Waals surface area contributed by atoms with E-state index in [-0.39, 0.29) is 5.75 Å². The Labute approximate surface area is 132 Å². The van der Waals surface area contributed by atoms with Crippen molar-refractivity contribution in [3.63, 3.8) is 0 Å². The second-order valence-corrected chi connectivity index (χ2v) is 5.18. The predicted molar refractivity (Wildman–Crippen MR) is 89.7 cm³/mol. The van der Waals surface area contributed by atoms with E-state index < -0.39 is 6.03 Å². The standard InChI is InChI=1S/C17H13ClN2O2/c18-14-5-1-2-6-16(14)20-17(22)19-15-7-3-4-11-8-9-12(21)10-13(11)15/h1-10,21H,(H2,19,20,22). The summed E-state index contributed by atoms with van der Waals surface area (Å²) in [6.07, 6.45) is 0. The van der Waals surface area contributed by atoms with Gasteiger partial charge in [0.15, 0.2) is 0 Å². The van der Waals surface area contributed by atoms with Gasteiger partial charge in [0.25, 0.3) is 0 Å². The molecule has 0 aliphatic rings. The van der Waals surface area contributed by atoms with Crippen LogP contribution in [-0.2, 0) is 0 Å². The van der Waals surface area contributed by atoms with E-state index in [2.05, 4.69) is 10.6 Å². The summed E-state index contributed by atoms with van der Waals surface area (Å²) in [6.45, 7) is 0. The van der Waals surface area contributed by atoms with Gasteiger partial charge in [-0.25, -0.2) is 4.79 Å². The average Bonchev–Trinajstić information content (AvgIpc) is 2.50. The lowest BCUT2D eigenvalue weighted by atomic mass is 10.1. The number of urea groups is 1. The maximum absolute atomic E-state index is 12.1. The summed E-state index contributed by atoms with van der Waals surface area (Å²) in [4.78, 5) is 12.1. The zero-order chi connectivity index (χ0) is 15.5. The van der Waals surface area contributed by atoms with Crippen molar-refractivity contribution in [1.29, 1.82) is 0 Å². The summed E-state index contributed by atoms with van der Waals surface area (Å²) in [5.74, 6) is 0.147. The molecule has 2 amide bonds. The van der Waals surface area contributed by atoms with Gasteiger partial charge in [-0.15, -0.1) is 0 Å². The number of hydrogen-bond acceptors (Lipinski definition) is 2. The second-order valence-electron chi connectivity index (χ2n) is 4.77. The van der Waals surface area contributed by atoms with Crippen LogP contribution in [0, 0.1) is 0 Å². The lowest BCUT2D eigenvalue weighted by Gasteiger charge is -2.11. The molecule has 0 bridgehead atoms. The molecule has 0 saturated carbocycles. The highest BCUT2D eigenvalue weighted by molar-refractivity contribution is 6.33. The summed E-state index contributed by atoms with van der Waals surface area (Å²) in [6, 6.07) is 17.1. The number of halogens is 1. The van der Waals surface area contributed by atoms with E-state index in [1.165, 1.54) is 0 Å². The normalized spacial score (nSPS) is 10.4. The Morgan fingerprint density at radius 3 is 2.45 bits per heavy atom. The van der Waals surface area contributed by atoms with Crippen molar-refractivity contribution in [1.82, 2.24) is 0 Å². The van der Waals surface area contributed by atoms with Gasteiger partial charge in [-0.3, -0.25) is 0 Å². The molecule has 5 heteroatoms. The maximum Gasteiger partial charge on any atom is 0.323 e. The molecule has 0 heterocycles. The Kier molecular flexibility index (Phi) is 3.85. The molecule has 0 atom stereocenters. The molecule has 3 aromatic rings. The zero-order valence-corrected chi connectivity index (χ0v) is 12.3. The number of rotatable bonds is 2. The number of nitrogens with one attached hydrogen (secondary N) is 2. The molecular weight excluding hydrogens is 300 g/mol. The van der Waals surface area contributed by atoms with Crippen molar-refractivity contribution >= 4 is 39.8 Å². The minimum Gasteiger partial charge on any atom is -0.508 e. The van der Waals surface area contributed by atoms with Gasteiger partial charge < -0.3 is 15.7 Å². The molecule has 0 aliphatic carbocycles. The van der Waals surface area contributed by atoms with Crippen molar-refractivity contribution < 1.29 is 9.90 Å². The number of phenols is 1. The minimum atomic E-state index is -0.399. The Morgan fingerprint density at radius 1 is 0.909 bits per heavy atom. The molecular formula is C17H13ClN2O2. The number of hydrogen-bond donors (Lipinski definition) is 3. The molecule has 0 aliphatic heterocycles. The fourth-order valence-electron chi connectivity index (χ4n) is 2.21. The monoisotopic (exact) mass is 312 g/mol. The van der Waals surface area contributed by atoms with E-state index in [1.807, 2.05) is 12.1 Å². The number of benzene rings is 3. The number of anilines is 2. The highest BCUT2D eigenvalue weighted by atomic mass is 35.5. The first-order valence-electron chi connectivity index (χ1n) is 6.68. The van der Waals surface area contributed by atoms with Gasteiger partial charge in [-0.2, -0.15) is 0 Å². The quantitative estimate of drug-likeness (QED) is 0.634. The van der Waals surface area contributed by atoms with Crippen LogP contribution in [0.15, 0.2) is 60.7 Å². The van der Waals surface area contributed by atoms with E-state index >= 15 is 0 Å². The molecule has 22 heavy (non-hydrogen) atoms. The summed E-state index contributed by atoms with van der Waals surface area (Å²) in [7, 11) is 0. The number of amides is 2. The van der Waals surface area contributed by atoms with Crippen molar-refractivity contribution in [2.45, 2.75) is 0 Å². The van der Waals surface area contributed by atoms with Crippen LogP contribution in [0.3, 0.4) is 0 Å². The van der Waals surface area contributed by atoms with Crippen LogP contribution in [0.2, 0.25) is 5.02 Å². The minimum absolute atomic E-state index is 0.147. The zero-order valence-electron chi connectivity index (χ0n) is 11.5. The number of phenolic OH excluding ortho intramolecular Hbond substituents is 1. The molecule has 0 aromatic heterocycles. The van der Waals surface area contributed by atoms with Crippen LogP contribution in [-0.4, -0.2) is 11.1 Å². The molecule has 0 spiro atoms. The lowest BCUT2D eigenvalue weighted by Crippen LogP contribution is -2.19. The molecule has 0 fully saturated rings. The first-order chi connectivity index (χ1) is 10.6. The number of carbonyl (C=O) groups is 1. The van der Waals surface area contributed by atoms with Crippen molar-refractivity contribution in [3.05, 3.63) is 65.7 Å². The van der Waals surface area contributed by atoms with Gasteiger partial charge in [-0.05, 0) is 35.7 Å². The van der Waals surface area contributed by atoms with E-state index in [1.54, 1.807) is 48.5 Å². The second kappa shape index (κ2) is 5.95. The SMILES string of the molecule is O=C(Nc1ccccc1Cl)Nc1cccc2ccc(O)cc12. The van der Waals surface area contributed by atoms with Gasteiger partial charge in [0, 0.05) is 5.39 Å². The van der Waals surface area contributed by atoms with Gasteiger partial charge >= 0.3 is 6.03 Å². The summed E-state index contributed by atoms with van der Waals surface area (Å²) in [5.41, 5.74) is 1.14. The molecule has 110 valence electrons. The number of fused-ring (bicyclic) bond motifs is 1. The lowest BCUT2D eigenvalue weighted by molar-refractivity contribution is 0.262. The highest BCUT2D eigenvalue weighted by Gasteiger charge is 2.08. The molecule has 3 rings (SSSR count). The Hall–Kier alpha value is -2.72. The fraction of sp³-hybridized carbons (Fsp3) is 0. The summed E-state index contributed by atoms with van der Waals surface area (Å²) >= 11 is 6.01. The van der Waals surface area contributed by atoms with Gasteiger partial charge in [0.05, 0.1) is 16.4 Å². The average molecular weight is 313 g/mol. The van der Waals surface area contributed by atoms with Crippen LogP contribution >= 0.6 is 11.6 Å². The number of carbonyl (C=O) groups excluding carboxylic acids is 1. The summed E-state index contributed by atoms with van der Waals surface area (Å²) in [5, 5.41) is 17.2. The molecule has 0 saturated heterocycles. The van der Waals surface area contributed by atoms with Gasteiger partial charge in [0.1, 0.15) is 5.75 Å². The molecule has 3 aromatic carbocycles. The largest absolute Gasteiger partial charge is 0.508 e. The van der Waals surface area contributed by atoms with Crippen LogP contribution in [0.5, 0.6) is 5.75 Å². The van der Waals surface area contributed by atoms with E-state index in [9.17, 15) is 9.90 Å². The fourth-order valence-corrected chi connectivity index (χ4v) is 2.39. The third kappa shape index (κ3) is 2.97. The third-order valence-electron chi connectivity index (χ3n) is 3.24. The Balaban J connectivity index is 1.85. The smallest absolute Gasteiger partial charge is 0.323 e. The van der Waals surface area contributed by atoms with Crippen molar-refractivity contribution in [3.8, 4) is 5.75 Å². The highest BCUT2D eigenvalue weighted by Crippen LogP contribution is 2.27.